The molecule has 2 atom stereocenters. The molecule has 1 N–H and O–H groups in total. The summed E-state index contributed by atoms with van der Waals surface area (Å²) < 4.78 is 31.5. The summed E-state index contributed by atoms with van der Waals surface area (Å²) in [5.41, 5.74) is 0. The van der Waals surface area contributed by atoms with Crippen LogP contribution in [0.5, 0.6) is 0 Å². The summed E-state index contributed by atoms with van der Waals surface area (Å²) >= 11 is 1.41. The zero-order chi connectivity index (χ0) is 15.1. The van der Waals surface area contributed by atoms with Gasteiger partial charge in [-0.2, -0.15) is 4.31 Å². The second-order valence-electron chi connectivity index (χ2n) is 4.85. The molecule has 112 valence electrons. The molecule has 8 heteroatoms. The number of thiophene rings is 1. The highest BCUT2D eigenvalue weighted by atomic mass is 32.2. The third kappa shape index (κ3) is 2.60. The van der Waals surface area contributed by atoms with E-state index in [2.05, 4.69) is 0 Å². The number of nitrogens with zero attached hydrogens (tertiary/aromatic N) is 1. The topological polar surface area (TPSA) is 83.9 Å². The molecule has 2 unspecified atom stereocenters. The Balaban J connectivity index is 2.34. The van der Waals surface area contributed by atoms with Crippen molar-refractivity contribution in [3.8, 4) is 0 Å². The van der Waals surface area contributed by atoms with Crippen LogP contribution in [0, 0.1) is 19.8 Å². The Bertz CT molecular complexity index is 622. The third-order valence-electron chi connectivity index (χ3n) is 3.49. The summed E-state index contributed by atoms with van der Waals surface area (Å²) in [4.78, 5) is 13.0. The molecule has 2 rings (SSSR count). The Kier molecular flexibility index (Phi) is 4.19. The van der Waals surface area contributed by atoms with Gasteiger partial charge in [0.25, 0.3) is 0 Å². The van der Waals surface area contributed by atoms with E-state index in [9.17, 15) is 13.2 Å². The molecule has 20 heavy (non-hydrogen) atoms. The molecule has 1 saturated heterocycles. The molecule has 0 amide bonds. The van der Waals surface area contributed by atoms with Crippen LogP contribution in [0.15, 0.2) is 11.0 Å². The van der Waals surface area contributed by atoms with Crippen LogP contribution < -0.4 is 0 Å². The van der Waals surface area contributed by atoms with Crippen LogP contribution in [0.25, 0.3) is 0 Å². The number of carbonyl (C=O) groups is 1. The summed E-state index contributed by atoms with van der Waals surface area (Å²) in [5.74, 6) is -1.86. The number of hydrogen-bond acceptors (Lipinski definition) is 5. The molecule has 1 aromatic rings. The average Bonchev–Trinajstić information content (AvgIpc) is 2.94. The van der Waals surface area contributed by atoms with Gasteiger partial charge in [-0.3, -0.25) is 4.79 Å². The first-order valence-corrected chi connectivity index (χ1v) is 8.36. The lowest BCUT2D eigenvalue weighted by molar-refractivity contribution is -0.142. The summed E-state index contributed by atoms with van der Waals surface area (Å²) in [7, 11) is -2.28. The number of likely N-dealkylation sites (N-methyl/N-ethyl adjacent to an activating group) is 1. The number of carboxylic acids is 1. The summed E-state index contributed by atoms with van der Waals surface area (Å²) in [5, 5.41) is 9.13. The number of aryl methyl sites for hydroxylation is 2. The largest absolute Gasteiger partial charge is 0.481 e. The van der Waals surface area contributed by atoms with E-state index in [1.165, 1.54) is 18.4 Å². The Morgan fingerprint density at radius 1 is 1.45 bits per heavy atom. The maximum atomic E-state index is 12.6. The van der Waals surface area contributed by atoms with Gasteiger partial charge in [-0.25, -0.2) is 8.42 Å². The molecule has 1 aromatic heterocycles. The number of sulfonamides is 1. The van der Waals surface area contributed by atoms with Crippen molar-refractivity contribution in [1.82, 2.24) is 4.31 Å². The van der Waals surface area contributed by atoms with Gasteiger partial charge < -0.3 is 9.84 Å². The van der Waals surface area contributed by atoms with Crippen molar-refractivity contribution in [2.24, 2.45) is 5.92 Å². The average molecular weight is 319 g/mol. The second-order valence-corrected chi connectivity index (χ2v) is 8.27. The molecule has 0 aliphatic carbocycles. The van der Waals surface area contributed by atoms with Crippen molar-refractivity contribution in [2.45, 2.75) is 24.8 Å². The van der Waals surface area contributed by atoms with Crippen molar-refractivity contribution in [3.63, 3.8) is 0 Å². The maximum absolute atomic E-state index is 12.6. The molecule has 0 radical (unpaired) electrons. The molecule has 2 heterocycles. The highest BCUT2D eigenvalue weighted by molar-refractivity contribution is 7.89. The SMILES string of the molecule is Cc1cc(S(=O)(=O)N(C)C2COCC2C(=O)O)c(C)s1. The Morgan fingerprint density at radius 2 is 2.10 bits per heavy atom. The molecule has 1 fully saturated rings. The smallest absolute Gasteiger partial charge is 0.310 e. The van der Waals surface area contributed by atoms with Crippen LogP contribution in [-0.4, -0.2) is 50.1 Å². The molecule has 1 aliphatic rings. The van der Waals surface area contributed by atoms with Crippen molar-refractivity contribution in [2.75, 3.05) is 20.3 Å². The Morgan fingerprint density at radius 3 is 2.60 bits per heavy atom. The molecule has 0 aromatic carbocycles. The molecular weight excluding hydrogens is 302 g/mol. The summed E-state index contributed by atoms with van der Waals surface area (Å²) in [6.07, 6.45) is 0. The van der Waals surface area contributed by atoms with Gasteiger partial charge in [-0.05, 0) is 19.9 Å². The molecule has 0 saturated carbocycles. The van der Waals surface area contributed by atoms with Gasteiger partial charge in [0.15, 0.2) is 0 Å². The molecule has 6 nitrogen and oxygen atoms in total. The van der Waals surface area contributed by atoms with Crippen molar-refractivity contribution in [1.29, 1.82) is 0 Å². The Hall–Kier alpha value is -0.960. The standard InChI is InChI=1S/C12H17NO5S2/c1-7-4-11(8(2)19-7)20(16,17)13(3)10-6-18-5-9(10)12(14)15/h4,9-10H,5-6H2,1-3H3,(H,14,15). The Labute approximate surface area is 122 Å². The van der Waals surface area contributed by atoms with Gasteiger partial charge >= 0.3 is 5.97 Å². The summed E-state index contributed by atoms with van der Waals surface area (Å²) in [6, 6.07) is 0.953. The fourth-order valence-electron chi connectivity index (χ4n) is 2.33. The van der Waals surface area contributed by atoms with Gasteiger partial charge in [0.2, 0.25) is 10.0 Å². The van der Waals surface area contributed by atoms with Crippen molar-refractivity contribution >= 4 is 27.3 Å². The van der Waals surface area contributed by atoms with Crippen LogP contribution in [0.1, 0.15) is 9.75 Å². The zero-order valence-electron chi connectivity index (χ0n) is 11.5. The van der Waals surface area contributed by atoms with Crippen molar-refractivity contribution in [3.05, 3.63) is 15.8 Å². The fraction of sp³-hybridized carbons (Fsp3) is 0.583. The van der Waals surface area contributed by atoms with Crippen LogP contribution >= 0.6 is 11.3 Å². The monoisotopic (exact) mass is 319 g/mol. The lowest BCUT2D eigenvalue weighted by atomic mass is 10.1. The first-order valence-electron chi connectivity index (χ1n) is 6.10. The van der Waals surface area contributed by atoms with Gasteiger partial charge in [0.05, 0.1) is 30.1 Å². The normalized spacial score (nSPS) is 23.4. The fourth-order valence-corrected chi connectivity index (χ4v) is 5.23. The van der Waals surface area contributed by atoms with E-state index in [0.29, 0.717) is 4.88 Å². The van der Waals surface area contributed by atoms with E-state index in [0.717, 1.165) is 9.18 Å². The van der Waals surface area contributed by atoms with E-state index in [4.69, 9.17) is 9.84 Å². The number of rotatable bonds is 4. The van der Waals surface area contributed by atoms with E-state index in [-0.39, 0.29) is 18.1 Å². The van der Waals surface area contributed by atoms with E-state index >= 15 is 0 Å². The number of aliphatic carboxylic acids is 1. The second kappa shape index (κ2) is 5.44. The molecular formula is C12H17NO5S2. The predicted octanol–water partition coefficient (Wildman–Crippen LogP) is 1.09. The first-order chi connectivity index (χ1) is 9.25. The van der Waals surface area contributed by atoms with E-state index in [1.54, 1.807) is 13.0 Å². The van der Waals surface area contributed by atoms with Gasteiger partial charge in [0, 0.05) is 16.8 Å². The molecule has 0 spiro atoms. The van der Waals surface area contributed by atoms with Crippen LogP contribution in [0.3, 0.4) is 0 Å². The highest BCUT2D eigenvalue weighted by Gasteiger charge is 2.41. The predicted molar refractivity (Wildman–Crippen MR) is 74.5 cm³/mol. The van der Waals surface area contributed by atoms with Crippen molar-refractivity contribution < 1.29 is 23.1 Å². The summed E-state index contributed by atoms with van der Waals surface area (Å²) in [6.45, 7) is 3.74. The minimum Gasteiger partial charge on any atom is -0.481 e. The number of hydrogen-bond donors (Lipinski definition) is 1. The quantitative estimate of drug-likeness (QED) is 0.898. The van der Waals surface area contributed by atoms with Gasteiger partial charge in [-0.1, -0.05) is 0 Å². The lowest BCUT2D eigenvalue weighted by Gasteiger charge is -2.25. The van der Waals surface area contributed by atoms with Gasteiger partial charge in [0.1, 0.15) is 0 Å². The first kappa shape index (κ1) is 15.4. The highest BCUT2D eigenvalue weighted by Crippen LogP contribution is 2.30. The zero-order valence-corrected chi connectivity index (χ0v) is 13.1. The third-order valence-corrected chi connectivity index (χ3v) is 6.59. The van der Waals surface area contributed by atoms with E-state index < -0.39 is 28.0 Å². The van der Waals surface area contributed by atoms with Crippen LogP contribution in [0.4, 0.5) is 0 Å². The maximum Gasteiger partial charge on any atom is 0.310 e. The minimum absolute atomic E-state index is 0.0432. The van der Waals surface area contributed by atoms with Gasteiger partial charge in [-0.15, -0.1) is 11.3 Å². The lowest BCUT2D eigenvalue weighted by Crippen LogP contribution is -2.44. The molecule has 0 bridgehead atoms. The number of carboxylic acid groups (broad SMARTS) is 1. The van der Waals surface area contributed by atoms with Crippen LogP contribution in [-0.2, 0) is 19.6 Å². The van der Waals surface area contributed by atoms with E-state index in [1.807, 2.05) is 6.92 Å². The van der Waals surface area contributed by atoms with Crippen LogP contribution in [0.2, 0.25) is 0 Å². The minimum atomic E-state index is -3.70. The number of ether oxygens (including phenoxy) is 1. The molecule has 1 aliphatic heterocycles.